The van der Waals surface area contributed by atoms with Crippen molar-refractivity contribution < 1.29 is 14.3 Å². The molecule has 0 aromatic heterocycles. The summed E-state index contributed by atoms with van der Waals surface area (Å²) >= 11 is 0. The van der Waals surface area contributed by atoms with E-state index >= 15 is 0 Å². The maximum Gasteiger partial charge on any atom is 0.262 e. The zero-order valence-electron chi connectivity index (χ0n) is 14.6. The van der Waals surface area contributed by atoms with Crippen molar-refractivity contribution in [2.24, 2.45) is 0 Å². The van der Waals surface area contributed by atoms with Gasteiger partial charge in [-0.2, -0.15) is 0 Å². The Labute approximate surface area is 143 Å². The molecule has 0 fully saturated rings. The van der Waals surface area contributed by atoms with Crippen LogP contribution in [-0.4, -0.2) is 19.1 Å². The second-order valence-corrected chi connectivity index (χ2v) is 5.37. The average Bonchev–Trinajstić information content (AvgIpc) is 2.61. The van der Waals surface area contributed by atoms with Gasteiger partial charge in [-0.05, 0) is 43.0 Å². The lowest BCUT2D eigenvalue weighted by Crippen LogP contribution is -2.22. The molecule has 4 nitrogen and oxygen atoms in total. The van der Waals surface area contributed by atoms with Gasteiger partial charge in [0.15, 0.2) is 18.1 Å². The number of carbonyl (C=O) groups is 1. The molecule has 0 spiro atoms. The summed E-state index contributed by atoms with van der Waals surface area (Å²) in [7, 11) is 0. The summed E-state index contributed by atoms with van der Waals surface area (Å²) in [6.07, 6.45) is 1.75. The third-order valence-electron chi connectivity index (χ3n) is 3.77. The topological polar surface area (TPSA) is 47.6 Å². The zero-order chi connectivity index (χ0) is 17.4. The molecule has 2 aromatic rings. The number of ether oxygens (including phenoxy) is 2. The molecule has 1 N–H and O–H groups in total. The number of aryl methyl sites for hydroxylation is 2. The second kappa shape index (κ2) is 8.96. The molecular weight excluding hydrogens is 302 g/mol. The smallest absolute Gasteiger partial charge is 0.262 e. The van der Waals surface area contributed by atoms with Crippen molar-refractivity contribution in [3.63, 3.8) is 0 Å². The lowest BCUT2D eigenvalue weighted by Gasteiger charge is -2.15. The minimum Gasteiger partial charge on any atom is -0.490 e. The molecular formula is C20H25NO3. The fourth-order valence-corrected chi connectivity index (χ4v) is 2.57. The summed E-state index contributed by atoms with van der Waals surface area (Å²) in [6.45, 7) is 6.58. The van der Waals surface area contributed by atoms with Gasteiger partial charge in [-0.3, -0.25) is 4.79 Å². The van der Waals surface area contributed by atoms with E-state index in [-0.39, 0.29) is 12.5 Å². The molecule has 2 rings (SSSR count). The van der Waals surface area contributed by atoms with Crippen molar-refractivity contribution in [1.29, 1.82) is 0 Å². The molecule has 0 aliphatic heterocycles. The number of carbonyl (C=O) groups excluding carboxylic acids is 1. The lowest BCUT2D eigenvalue weighted by molar-refractivity contribution is -0.118. The Hall–Kier alpha value is -2.49. The third kappa shape index (κ3) is 4.51. The van der Waals surface area contributed by atoms with Crippen LogP contribution < -0.4 is 14.8 Å². The number of hydrogen-bond donors (Lipinski definition) is 1. The summed E-state index contributed by atoms with van der Waals surface area (Å²) in [5.41, 5.74) is 3.18. The number of hydrogen-bond acceptors (Lipinski definition) is 3. The molecule has 0 bridgehead atoms. The van der Waals surface area contributed by atoms with E-state index in [9.17, 15) is 4.79 Å². The maximum absolute atomic E-state index is 12.3. The standard InChI is InChI=1S/C20H25NO3/c1-4-15-10-9-11-16(5-2)20(15)21-19(22)14-24-18-13-8-7-12-17(18)23-6-3/h7-13H,4-6,14H2,1-3H3,(H,21,22). The van der Waals surface area contributed by atoms with Crippen LogP contribution in [0.4, 0.5) is 5.69 Å². The Morgan fingerprint density at radius 1 is 0.875 bits per heavy atom. The van der Waals surface area contributed by atoms with Gasteiger partial charge in [0.05, 0.1) is 6.61 Å². The molecule has 24 heavy (non-hydrogen) atoms. The van der Waals surface area contributed by atoms with Gasteiger partial charge in [-0.25, -0.2) is 0 Å². The van der Waals surface area contributed by atoms with Crippen LogP contribution in [0.1, 0.15) is 31.9 Å². The molecule has 0 radical (unpaired) electrons. The summed E-state index contributed by atoms with van der Waals surface area (Å²) in [6, 6.07) is 13.5. The van der Waals surface area contributed by atoms with Crippen molar-refractivity contribution in [3.05, 3.63) is 53.6 Å². The van der Waals surface area contributed by atoms with Gasteiger partial charge in [0, 0.05) is 5.69 Å². The maximum atomic E-state index is 12.3. The molecule has 0 unspecified atom stereocenters. The molecule has 0 aliphatic rings. The first kappa shape index (κ1) is 17.9. The largest absolute Gasteiger partial charge is 0.490 e. The van der Waals surface area contributed by atoms with Crippen LogP contribution in [0.5, 0.6) is 11.5 Å². The number of nitrogens with one attached hydrogen (secondary N) is 1. The Bertz CT molecular complexity index is 660. The fraction of sp³-hybridized carbons (Fsp3) is 0.350. The summed E-state index contributed by atoms with van der Waals surface area (Å²) in [5.74, 6) is 1.06. The van der Waals surface area contributed by atoms with Gasteiger partial charge in [0.1, 0.15) is 0 Å². The monoisotopic (exact) mass is 327 g/mol. The van der Waals surface area contributed by atoms with Crippen LogP contribution in [-0.2, 0) is 17.6 Å². The number of benzene rings is 2. The fourth-order valence-electron chi connectivity index (χ4n) is 2.57. The Morgan fingerprint density at radius 3 is 2.00 bits per heavy atom. The summed E-state index contributed by atoms with van der Waals surface area (Å²) < 4.78 is 11.1. The van der Waals surface area contributed by atoms with Gasteiger partial charge < -0.3 is 14.8 Å². The number of rotatable bonds is 8. The van der Waals surface area contributed by atoms with Crippen molar-refractivity contribution >= 4 is 11.6 Å². The Balaban J connectivity index is 2.05. The quantitative estimate of drug-likeness (QED) is 0.789. The minimum absolute atomic E-state index is 0.0503. The molecule has 0 aliphatic carbocycles. The number of anilines is 1. The lowest BCUT2D eigenvalue weighted by atomic mass is 10.0. The molecule has 128 valence electrons. The molecule has 0 saturated heterocycles. The van der Waals surface area contributed by atoms with Crippen LogP contribution in [0.25, 0.3) is 0 Å². The Kier molecular flexibility index (Phi) is 6.67. The first-order valence-corrected chi connectivity index (χ1v) is 8.44. The summed E-state index contributed by atoms with van der Waals surface area (Å²) in [5, 5.41) is 3.00. The van der Waals surface area contributed by atoms with Gasteiger partial charge in [-0.15, -0.1) is 0 Å². The van der Waals surface area contributed by atoms with E-state index in [4.69, 9.17) is 9.47 Å². The van der Waals surface area contributed by atoms with Gasteiger partial charge in [0.2, 0.25) is 0 Å². The molecule has 1 amide bonds. The van der Waals surface area contributed by atoms with Gasteiger partial charge >= 0.3 is 0 Å². The van der Waals surface area contributed by atoms with E-state index in [1.54, 1.807) is 6.07 Å². The highest BCUT2D eigenvalue weighted by atomic mass is 16.5. The highest BCUT2D eigenvalue weighted by Gasteiger charge is 2.12. The van der Waals surface area contributed by atoms with E-state index in [1.807, 2.05) is 43.3 Å². The van der Waals surface area contributed by atoms with Crippen molar-refractivity contribution in [1.82, 2.24) is 0 Å². The summed E-state index contributed by atoms with van der Waals surface area (Å²) in [4.78, 5) is 12.3. The van der Waals surface area contributed by atoms with Gasteiger partial charge in [-0.1, -0.05) is 44.2 Å². The highest BCUT2D eigenvalue weighted by Crippen LogP contribution is 2.26. The third-order valence-corrected chi connectivity index (χ3v) is 3.77. The van der Waals surface area contributed by atoms with E-state index in [0.29, 0.717) is 18.1 Å². The van der Waals surface area contributed by atoms with Crippen LogP contribution in [0.3, 0.4) is 0 Å². The van der Waals surface area contributed by atoms with Crippen LogP contribution in [0.2, 0.25) is 0 Å². The first-order valence-electron chi connectivity index (χ1n) is 8.44. The molecule has 0 atom stereocenters. The first-order chi connectivity index (χ1) is 11.7. The average molecular weight is 327 g/mol. The van der Waals surface area contributed by atoms with E-state index in [0.717, 1.165) is 29.7 Å². The molecule has 0 saturated carbocycles. The van der Waals surface area contributed by atoms with Crippen LogP contribution in [0, 0.1) is 0 Å². The van der Waals surface area contributed by atoms with E-state index in [2.05, 4.69) is 19.2 Å². The van der Waals surface area contributed by atoms with Crippen molar-refractivity contribution in [2.45, 2.75) is 33.6 Å². The Morgan fingerprint density at radius 2 is 1.46 bits per heavy atom. The van der Waals surface area contributed by atoms with Crippen LogP contribution in [0.15, 0.2) is 42.5 Å². The SMILES string of the molecule is CCOc1ccccc1OCC(=O)Nc1c(CC)cccc1CC. The van der Waals surface area contributed by atoms with Gasteiger partial charge in [0.25, 0.3) is 5.91 Å². The minimum atomic E-state index is -0.170. The number of amides is 1. The molecule has 2 aromatic carbocycles. The van der Waals surface area contributed by atoms with Crippen LogP contribution >= 0.6 is 0 Å². The predicted octanol–water partition coefficient (Wildman–Crippen LogP) is 4.23. The number of para-hydroxylation sites is 3. The zero-order valence-corrected chi connectivity index (χ0v) is 14.6. The molecule has 0 heterocycles. The predicted molar refractivity (Wildman–Crippen MR) is 96.9 cm³/mol. The van der Waals surface area contributed by atoms with Crippen molar-refractivity contribution in [3.8, 4) is 11.5 Å². The van der Waals surface area contributed by atoms with Crippen molar-refractivity contribution in [2.75, 3.05) is 18.5 Å². The van der Waals surface area contributed by atoms with E-state index in [1.165, 1.54) is 0 Å². The highest BCUT2D eigenvalue weighted by molar-refractivity contribution is 5.93. The second-order valence-electron chi connectivity index (χ2n) is 5.37. The van der Waals surface area contributed by atoms with E-state index < -0.39 is 0 Å². The normalized spacial score (nSPS) is 10.3. The molecule has 4 heteroatoms.